The number of hydrogen-bond acceptors (Lipinski definition) is 7. The quantitative estimate of drug-likeness (QED) is 0.436. The molecule has 0 bridgehead atoms. The zero-order chi connectivity index (χ0) is 19.5. The maximum atomic E-state index is 5.51. The van der Waals surface area contributed by atoms with Crippen molar-refractivity contribution in [1.82, 2.24) is 19.7 Å². The Morgan fingerprint density at radius 2 is 1.76 bits per heavy atom. The van der Waals surface area contributed by atoms with Gasteiger partial charge in [0.15, 0.2) is 5.16 Å². The summed E-state index contributed by atoms with van der Waals surface area (Å²) in [5.41, 5.74) is 2.30. The van der Waals surface area contributed by atoms with Gasteiger partial charge >= 0.3 is 0 Å². The fourth-order valence-electron chi connectivity index (χ4n) is 3.40. The molecule has 1 aliphatic rings. The second-order valence-corrected chi connectivity index (χ2v) is 8.88. The topological polar surface area (TPSA) is 56.1 Å². The Morgan fingerprint density at radius 3 is 2.59 bits per heavy atom. The summed E-state index contributed by atoms with van der Waals surface area (Å²) in [7, 11) is 0. The lowest BCUT2D eigenvalue weighted by atomic mass is 10.2. The van der Waals surface area contributed by atoms with E-state index < -0.39 is 0 Å². The van der Waals surface area contributed by atoms with E-state index in [0.717, 1.165) is 60.2 Å². The van der Waals surface area contributed by atoms with Crippen LogP contribution in [0.5, 0.6) is 0 Å². The summed E-state index contributed by atoms with van der Waals surface area (Å²) in [6, 6.07) is 18.7. The Hall–Kier alpha value is -2.42. The summed E-state index contributed by atoms with van der Waals surface area (Å²) >= 11 is 3.44. The molecule has 2 aromatic carbocycles. The maximum Gasteiger partial charge on any atom is 0.228 e. The third-order valence-corrected chi connectivity index (χ3v) is 7.03. The van der Waals surface area contributed by atoms with E-state index in [1.807, 2.05) is 12.1 Å². The highest BCUT2D eigenvalue weighted by atomic mass is 32.2. The lowest BCUT2D eigenvalue weighted by molar-refractivity contribution is 0.121. The van der Waals surface area contributed by atoms with Crippen LogP contribution >= 0.6 is 23.1 Å². The summed E-state index contributed by atoms with van der Waals surface area (Å²) in [5.74, 6) is 1.71. The number of aromatic nitrogens is 4. The highest BCUT2D eigenvalue weighted by Crippen LogP contribution is 2.30. The molecule has 0 radical (unpaired) electrons. The van der Waals surface area contributed by atoms with Crippen molar-refractivity contribution < 1.29 is 4.74 Å². The van der Waals surface area contributed by atoms with Crippen LogP contribution in [0.15, 0.2) is 59.8 Å². The van der Waals surface area contributed by atoms with Crippen molar-refractivity contribution in [3.05, 3.63) is 65.2 Å². The van der Waals surface area contributed by atoms with Crippen LogP contribution in [0.25, 0.3) is 10.2 Å². The van der Waals surface area contributed by atoms with Gasteiger partial charge in [-0.05, 0) is 17.7 Å². The molecule has 0 atom stereocenters. The van der Waals surface area contributed by atoms with Crippen molar-refractivity contribution in [3.8, 4) is 0 Å². The van der Waals surface area contributed by atoms with Crippen molar-refractivity contribution in [1.29, 1.82) is 0 Å². The summed E-state index contributed by atoms with van der Waals surface area (Å²) < 4.78 is 8.95. The molecule has 0 N–H and O–H groups in total. The number of anilines is 1. The molecule has 8 heteroatoms. The highest BCUT2D eigenvalue weighted by Gasteiger charge is 2.21. The number of thiazole rings is 1. The lowest BCUT2D eigenvalue weighted by Gasteiger charge is -2.28. The first-order valence-corrected chi connectivity index (χ1v) is 11.4. The van der Waals surface area contributed by atoms with E-state index in [1.165, 1.54) is 10.3 Å². The molecule has 4 aromatic rings. The van der Waals surface area contributed by atoms with Gasteiger partial charge < -0.3 is 9.64 Å². The number of benzene rings is 2. The molecule has 0 spiro atoms. The molecular formula is C21H21N5OS2. The SMILES string of the molecule is c1ccc(Cn2c(SCc3nc4ccccc4s3)nnc2N2CCOCC2)cc1. The monoisotopic (exact) mass is 423 g/mol. The van der Waals surface area contributed by atoms with Crippen LogP contribution in [0, 0.1) is 0 Å². The average molecular weight is 424 g/mol. The van der Waals surface area contributed by atoms with Crippen LogP contribution in [0.4, 0.5) is 5.95 Å². The van der Waals surface area contributed by atoms with Crippen molar-refractivity contribution in [2.75, 3.05) is 31.2 Å². The molecule has 0 aliphatic carbocycles. The lowest BCUT2D eigenvalue weighted by Crippen LogP contribution is -2.38. The van der Waals surface area contributed by atoms with Gasteiger partial charge in [0.2, 0.25) is 5.95 Å². The molecule has 1 saturated heterocycles. The normalized spacial score (nSPS) is 14.6. The number of hydrogen-bond donors (Lipinski definition) is 0. The maximum absolute atomic E-state index is 5.51. The van der Waals surface area contributed by atoms with E-state index in [2.05, 4.69) is 62.1 Å². The molecule has 0 unspecified atom stereocenters. The summed E-state index contributed by atoms with van der Waals surface area (Å²) in [6.07, 6.45) is 0. The molecular weight excluding hydrogens is 402 g/mol. The van der Waals surface area contributed by atoms with Gasteiger partial charge in [-0.15, -0.1) is 21.5 Å². The van der Waals surface area contributed by atoms with Gasteiger partial charge in [-0.3, -0.25) is 4.57 Å². The van der Waals surface area contributed by atoms with Crippen LogP contribution in [-0.4, -0.2) is 46.1 Å². The van der Waals surface area contributed by atoms with Gasteiger partial charge in [-0.25, -0.2) is 4.98 Å². The van der Waals surface area contributed by atoms with Gasteiger partial charge in [-0.1, -0.05) is 54.2 Å². The molecule has 5 rings (SSSR count). The number of nitrogens with zero attached hydrogens (tertiary/aromatic N) is 5. The minimum atomic E-state index is 0.729. The van der Waals surface area contributed by atoms with Crippen LogP contribution in [0.2, 0.25) is 0 Å². The highest BCUT2D eigenvalue weighted by molar-refractivity contribution is 7.98. The van der Waals surface area contributed by atoms with Gasteiger partial charge in [0, 0.05) is 13.1 Å². The summed E-state index contributed by atoms with van der Waals surface area (Å²) in [5, 5.41) is 11.1. The van der Waals surface area contributed by atoms with E-state index in [1.54, 1.807) is 23.1 Å². The minimum Gasteiger partial charge on any atom is -0.378 e. The van der Waals surface area contributed by atoms with E-state index in [0.29, 0.717) is 0 Å². The molecule has 0 amide bonds. The fourth-order valence-corrected chi connectivity index (χ4v) is 5.29. The number of morpholine rings is 1. The first kappa shape index (κ1) is 18.6. The molecule has 1 fully saturated rings. The summed E-state index contributed by atoms with van der Waals surface area (Å²) in [4.78, 5) is 7.02. The molecule has 3 heterocycles. The van der Waals surface area contributed by atoms with Gasteiger partial charge in [0.25, 0.3) is 0 Å². The third-order valence-electron chi connectivity index (χ3n) is 4.84. The van der Waals surface area contributed by atoms with Crippen molar-refractivity contribution >= 4 is 39.3 Å². The number of rotatable bonds is 6. The number of thioether (sulfide) groups is 1. The van der Waals surface area contributed by atoms with Gasteiger partial charge in [0.05, 0.1) is 35.7 Å². The largest absolute Gasteiger partial charge is 0.378 e. The first-order chi connectivity index (χ1) is 14.4. The number of fused-ring (bicyclic) bond motifs is 1. The minimum absolute atomic E-state index is 0.729. The molecule has 0 saturated carbocycles. The van der Waals surface area contributed by atoms with Crippen molar-refractivity contribution in [2.24, 2.45) is 0 Å². The second kappa shape index (κ2) is 8.52. The molecule has 2 aromatic heterocycles. The standard InChI is InChI=1S/C21H21N5OS2/c1-2-6-16(7-3-1)14-26-20(25-10-12-27-13-11-25)23-24-21(26)28-15-19-22-17-8-4-5-9-18(17)29-19/h1-9H,10-15H2. The van der Waals surface area contributed by atoms with E-state index in [4.69, 9.17) is 9.72 Å². The Kier molecular flexibility index (Phi) is 5.47. The zero-order valence-electron chi connectivity index (χ0n) is 15.9. The number of ether oxygens (including phenoxy) is 1. The van der Waals surface area contributed by atoms with E-state index in [9.17, 15) is 0 Å². The Labute approximate surface area is 177 Å². The molecule has 29 heavy (non-hydrogen) atoms. The van der Waals surface area contributed by atoms with Crippen LogP contribution < -0.4 is 4.90 Å². The molecule has 1 aliphatic heterocycles. The summed E-state index contributed by atoms with van der Waals surface area (Å²) in [6.45, 7) is 3.90. The van der Waals surface area contributed by atoms with Crippen LogP contribution in [0.3, 0.4) is 0 Å². The first-order valence-electron chi connectivity index (χ1n) is 9.64. The average Bonchev–Trinajstić information content (AvgIpc) is 3.37. The van der Waals surface area contributed by atoms with Crippen LogP contribution in [-0.2, 0) is 17.0 Å². The third kappa shape index (κ3) is 4.14. The predicted molar refractivity (Wildman–Crippen MR) is 118 cm³/mol. The van der Waals surface area contributed by atoms with Crippen LogP contribution in [0.1, 0.15) is 10.6 Å². The zero-order valence-corrected chi connectivity index (χ0v) is 17.5. The molecule has 6 nitrogen and oxygen atoms in total. The Balaban J connectivity index is 1.41. The van der Waals surface area contributed by atoms with Crippen molar-refractivity contribution in [2.45, 2.75) is 17.5 Å². The Bertz CT molecular complexity index is 1060. The van der Waals surface area contributed by atoms with Gasteiger partial charge in [-0.2, -0.15) is 0 Å². The van der Waals surface area contributed by atoms with Gasteiger partial charge in [0.1, 0.15) is 5.01 Å². The smallest absolute Gasteiger partial charge is 0.228 e. The predicted octanol–water partition coefficient (Wildman–Crippen LogP) is 4.07. The molecule has 148 valence electrons. The van der Waals surface area contributed by atoms with Crippen molar-refractivity contribution in [3.63, 3.8) is 0 Å². The Morgan fingerprint density at radius 1 is 0.966 bits per heavy atom. The number of para-hydroxylation sites is 1. The van der Waals surface area contributed by atoms with E-state index >= 15 is 0 Å². The fraction of sp³-hybridized carbons (Fsp3) is 0.286. The van der Waals surface area contributed by atoms with E-state index in [-0.39, 0.29) is 0 Å². The second-order valence-electron chi connectivity index (χ2n) is 6.82.